The molecule has 17 heteroatoms. The summed E-state index contributed by atoms with van der Waals surface area (Å²) in [6.07, 6.45) is -35.3. The molecular weight excluding hydrogens is 416 g/mol. The maximum absolute atomic E-state index is 12.9. The maximum atomic E-state index is 12.9. The van der Waals surface area contributed by atoms with Crippen molar-refractivity contribution in [1.82, 2.24) is 0 Å². The second kappa shape index (κ2) is 6.08. The summed E-state index contributed by atoms with van der Waals surface area (Å²) >= 11 is 0. The van der Waals surface area contributed by atoms with Crippen LogP contribution in [0.15, 0.2) is 11.9 Å². The average Bonchev–Trinajstić information content (AvgIpc) is 2.29. The Morgan fingerprint density at radius 2 is 0.840 bits per heavy atom. The first-order valence-corrected chi connectivity index (χ1v) is 4.93. The van der Waals surface area contributed by atoms with Crippen LogP contribution in [0.3, 0.4) is 0 Å². The predicted octanol–water partition coefficient (Wildman–Crippen LogP) is 5.73. The van der Waals surface area contributed by atoms with Crippen LogP contribution < -0.4 is 0 Å². The average molecular weight is 416 g/mol. The molecule has 25 heavy (non-hydrogen) atoms. The molecule has 0 aromatic rings. The first-order chi connectivity index (χ1) is 10.6. The van der Waals surface area contributed by atoms with Gasteiger partial charge in [0, 0.05) is 0 Å². The first-order valence-electron chi connectivity index (χ1n) is 4.93. The predicted molar refractivity (Wildman–Crippen MR) is 42.2 cm³/mol. The van der Waals surface area contributed by atoms with E-state index in [9.17, 15) is 70.2 Å². The smallest absolute Gasteiger partial charge is 0.283 e. The maximum Gasteiger partial charge on any atom is 0.457 e. The van der Waals surface area contributed by atoms with Gasteiger partial charge in [-0.2, -0.15) is 70.2 Å². The molecule has 0 saturated carbocycles. The Bertz CT molecular complexity index is 500. The SMILES string of the molecule is FC(F)=C(F)C(F)(F)OC(C(F)(F)F)(C(F)(F)F)C(F)(F)C(F)(F)F. The zero-order valence-corrected chi connectivity index (χ0v) is 10.5. The van der Waals surface area contributed by atoms with Gasteiger partial charge in [0.05, 0.1) is 0 Å². The van der Waals surface area contributed by atoms with E-state index < -0.39 is 48.1 Å². The van der Waals surface area contributed by atoms with Gasteiger partial charge < -0.3 is 0 Å². The van der Waals surface area contributed by atoms with Crippen LogP contribution in [-0.2, 0) is 4.74 Å². The van der Waals surface area contributed by atoms with Crippen LogP contribution >= 0.6 is 0 Å². The number of alkyl halides is 13. The van der Waals surface area contributed by atoms with Crippen molar-refractivity contribution in [2.75, 3.05) is 0 Å². The van der Waals surface area contributed by atoms with Gasteiger partial charge in [0.1, 0.15) is 0 Å². The van der Waals surface area contributed by atoms with Crippen molar-refractivity contribution in [1.29, 1.82) is 0 Å². The van der Waals surface area contributed by atoms with Crippen molar-refractivity contribution in [3.05, 3.63) is 11.9 Å². The van der Waals surface area contributed by atoms with Crippen LogP contribution in [-0.4, -0.2) is 36.2 Å². The molecule has 0 aromatic carbocycles. The van der Waals surface area contributed by atoms with E-state index in [0.717, 1.165) is 0 Å². The van der Waals surface area contributed by atoms with Crippen molar-refractivity contribution >= 4 is 0 Å². The topological polar surface area (TPSA) is 9.23 Å². The summed E-state index contributed by atoms with van der Waals surface area (Å²) in [7, 11) is 0. The number of rotatable bonds is 4. The Morgan fingerprint density at radius 1 is 0.520 bits per heavy atom. The van der Waals surface area contributed by atoms with Crippen LogP contribution in [0, 0.1) is 0 Å². The highest BCUT2D eigenvalue weighted by atomic mass is 19.4. The van der Waals surface area contributed by atoms with Crippen molar-refractivity contribution < 1.29 is 75.0 Å². The number of halogens is 16. The highest BCUT2D eigenvalue weighted by Gasteiger charge is 2.92. The normalized spacial score (nSPS) is 15.4. The van der Waals surface area contributed by atoms with Gasteiger partial charge in [0.25, 0.3) is 5.83 Å². The lowest BCUT2D eigenvalue weighted by Gasteiger charge is -2.43. The molecule has 0 aromatic heterocycles. The van der Waals surface area contributed by atoms with Crippen LogP contribution in [0.4, 0.5) is 70.2 Å². The van der Waals surface area contributed by atoms with Gasteiger partial charge in [0.2, 0.25) is 0 Å². The van der Waals surface area contributed by atoms with Gasteiger partial charge in [-0.3, -0.25) is 4.74 Å². The molecule has 0 spiro atoms. The fraction of sp³-hybridized carbons (Fsp3) is 0.750. The highest BCUT2D eigenvalue weighted by Crippen LogP contribution is 2.61. The Morgan fingerprint density at radius 3 is 1.04 bits per heavy atom. The van der Waals surface area contributed by atoms with E-state index in [4.69, 9.17) is 0 Å². The number of ether oxygens (including phenoxy) is 1. The van der Waals surface area contributed by atoms with Gasteiger partial charge in [0.15, 0.2) is 0 Å². The largest absolute Gasteiger partial charge is 0.457 e. The Labute approximate surface area is 124 Å². The van der Waals surface area contributed by atoms with Crippen molar-refractivity contribution in [2.24, 2.45) is 0 Å². The Balaban J connectivity index is 6.94. The van der Waals surface area contributed by atoms with Crippen LogP contribution in [0.25, 0.3) is 0 Å². The van der Waals surface area contributed by atoms with E-state index in [0.29, 0.717) is 0 Å². The summed E-state index contributed by atoms with van der Waals surface area (Å²) in [5, 5.41) is 0. The van der Waals surface area contributed by atoms with Crippen LogP contribution in [0.1, 0.15) is 0 Å². The minimum absolute atomic E-state index is 1.40. The van der Waals surface area contributed by atoms with Crippen LogP contribution in [0.2, 0.25) is 0 Å². The minimum Gasteiger partial charge on any atom is -0.283 e. The summed E-state index contributed by atoms with van der Waals surface area (Å²) in [5.41, 5.74) is -8.11. The van der Waals surface area contributed by atoms with E-state index >= 15 is 0 Å². The van der Waals surface area contributed by atoms with Gasteiger partial charge in [-0.15, -0.1) is 0 Å². The zero-order valence-electron chi connectivity index (χ0n) is 10.5. The summed E-state index contributed by atoms with van der Waals surface area (Å²) in [6, 6.07) is 0. The van der Waals surface area contributed by atoms with Gasteiger partial charge in [-0.05, 0) is 0 Å². The standard InChI is InChI=1S/C8F16O/c9-1(2(10)11)3(12,13)25-4(6(16,17)18,7(19,20)21)5(14,15)8(22,23)24. The molecule has 0 N–H and O–H groups in total. The monoisotopic (exact) mass is 416 g/mol. The van der Waals surface area contributed by atoms with Gasteiger partial charge in [-0.25, -0.2) is 0 Å². The van der Waals surface area contributed by atoms with E-state index in [1.807, 2.05) is 0 Å². The van der Waals surface area contributed by atoms with E-state index in [-0.39, 0.29) is 0 Å². The molecule has 0 unspecified atom stereocenters. The molecular formula is C8F16O. The van der Waals surface area contributed by atoms with Crippen LogP contribution in [0.5, 0.6) is 0 Å². The third-order valence-electron chi connectivity index (χ3n) is 2.30. The lowest BCUT2D eigenvalue weighted by molar-refractivity contribution is -0.505. The van der Waals surface area contributed by atoms with Gasteiger partial charge >= 0.3 is 42.2 Å². The zero-order chi connectivity index (χ0) is 20.9. The highest BCUT2D eigenvalue weighted by molar-refractivity contribution is 5.12. The molecule has 0 aliphatic rings. The first kappa shape index (κ1) is 23.6. The van der Waals surface area contributed by atoms with E-state index in [2.05, 4.69) is 0 Å². The van der Waals surface area contributed by atoms with E-state index in [1.165, 1.54) is 4.74 Å². The fourth-order valence-corrected chi connectivity index (χ4v) is 1.24. The third-order valence-corrected chi connectivity index (χ3v) is 2.30. The van der Waals surface area contributed by atoms with Crippen molar-refractivity contribution in [2.45, 2.75) is 36.2 Å². The fourth-order valence-electron chi connectivity index (χ4n) is 1.24. The molecule has 0 bridgehead atoms. The lowest BCUT2D eigenvalue weighted by Crippen LogP contribution is -2.74. The summed E-state index contributed by atoms with van der Waals surface area (Å²) in [6.45, 7) is 0. The van der Waals surface area contributed by atoms with E-state index in [1.54, 1.807) is 0 Å². The van der Waals surface area contributed by atoms with Crippen molar-refractivity contribution in [3.8, 4) is 0 Å². The molecule has 0 aliphatic carbocycles. The quantitative estimate of drug-likeness (QED) is 0.532. The third kappa shape index (κ3) is 3.74. The molecule has 0 saturated heterocycles. The Hall–Kier alpha value is -1.42. The van der Waals surface area contributed by atoms with Crippen molar-refractivity contribution in [3.63, 3.8) is 0 Å². The molecule has 0 rings (SSSR count). The second-order valence-electron chi connectivity index (χ2n) is 3.94. The minimum atomic E-state index is -8.19. The summed E-state index contributed by atoms with van der Waals surface area (Å²) < 4.78 is 199. The molecule has 0 heterocycles. The molecule has 1 nitrogen and oxygen atoms in total. The summed E-state index contributed by atoms with van der Waals surface area (Å²) in [5.74, 6) is -12.7. The molecule has 0 aliphatic heterocycles. The molecule has 0 fully saturated rings. The molecule has 0 atom stereocenters. The molecule has 0 amide bonds. The lowest BCUT2D eigenvalue weighted by atomic mass is 9.92. The van der Waals surface area contributed by atoms with Gasteiger partial charge in [-0.1, -0.05) is 0 Å². The molecule has 150 valence electrons. The molecule has 0 radical (unpaired) electrons. The Kier molecular flexibility index (Phi) is 5.74. The number of hydrogen-bond acceptors (Lipinski definition) is 1. The second-order valence-corrected chi connectivity index (χ2v) is 3.94. The summed E-state index contributed by atoms with van der Waals surface area (Å²) in [4.78, 5) is 0. The number of hydrogen-bond donors (Lipinski definition) is 0.